The fourth-order valence-electron chi connectivity index (χ4n) is 4.69. The van der Waals surface area contributed by atoms with Crippen LogP contribution in [-0.2, 0) is 32.0 Å². The Balaban J connectivity index is 1.16. The highest BCUT2D eigenvalue weighted by Gasteiger charge is 2.46. The van der Waals surface area contributed by atoms with Crippen LogP contribution in [0.5, 0.6) is 0 Å². The number of aliphatic hydroxyl groups excluding tert-OH is 4. The van der Waals surface area contributed by atoms with Crippen LogP contribution in [0.25, 0.3) is 11.2 Å². The molecular weight excluding hydrogens is 634 g/mol. The molecule has 3 aromatic rings. The van der Waals surface area contributed by atoms with E-state index in [2.05, 4.69) is 28.3 Å². The summed E-state index contributed by atoms with van der Waals surface area (Å²) in [5, 5.41) is 41.6. The second kappa shape index (κ2) is 12.5. The third-order valence-electron chi connectivity index (χ3n) is 6.86. The number of rotatable bonds is 11. The van der Waals surface area contributed by atoms with Crippen LogP contribution in [-0.4, -0.2) is 101 Å². The van der Waals surface area contributed by atoms with Crippen molar-refractivity contribution in [1.82, 2.24) is 19.5 Å². The van der Waals surface area contributed by atoms with Gasteiger partial charge in [0, 0.05) is 5.56 Å². The lowest BCUT2D eigenvalue weighted by atomic mass is 10.00. The van der Waals surface area contributed by atoms with Crippen LogP contribution in [0, 0.1) is 0 Å². The third kappa shape index (κ3) is 6.68. The zero-order chi connectivity index (χ0) is 32.0. The van der Waals surface area contributed by atoms with Gasteiger partial charge in [0.25, 0.3) is 7.82 Å². The van der Waals surface area contributed by atoms with Gasteiger partial charge in [-0.25, -0.2) is 23.8 Å². The summed E-state index contributed by atoms with van der Waals surface area (Å²) in [5.41, 5.74) is 11.7. The minimum absolute atomic E-state index is 0.0433. The van der Waals surface area contributed by atoms with Crippen molar-refractivity contribution < 1.29 is 67.0 Å². The minimum Gasteiger partial charge on any atom is -0.756 e. The number of fused-ring (bicyclic) bond motifs is 1. The van der Waals surface area contributed by atoms with E-state index in [1.54, 1.807) is 0 Å². The average molecular weight is 661 g/mol. The van der Waals surface area contributed by atoms with E-state index in [1.807, 2.05) is 0 Å². The first-order valence-corrected chi connectivity index (χ1v) is 15.6. The molecule has 1 amide bonds. The van der Waals surface area contributed by atoms with Crippen molar-refractivity contribution >= 4 is 38.5 Å². The van der Waals surface area contributed by atoms with Gasteiger partial charge in [-0.05, 0) is 17.7 Å². The van der Waals surface area contributed by atoms with Gasteiger partial charge in [-0.3, -0.25) is 18.5 Å². The SMILES string of the molecule is NC(=O)c1cccc([C@@H]2O[C@H](COP(=O)(O)OP(=O)([O-])OC[C@@H]3O[C@H](n4cnc5c(N)ncnc54)[C@H](O)C3O)[C@H](O)C2O)c1. The Morgan fingerprint density at radius 3 is 2.41 bits per heavy atom. The van der Waals surface area contributed by atoms with E-state index in [0.717, 1.165) is 6.33 Å². The topological polar surface area (TPSA) is 317 Å². The lowest BCUT2D eigenvalue weighted by molar-refractivity contribution is -0.221. The molecule has 2 aromatic heterocycles. The normalized spacial score (nSPS) is 31.6. The van der Waals surface area contributed by atoms with Crippen molar-refractivity contribution in [3.05, 3.63) is 48.0 Å². The van der Waals surface area contributed by atoms with Gasteiger partial charge < -0.3 is 55.7 Å². The smallest absolute Gasteiger partial charge is 0.478 e. The van der Waals surface area contributed by atoms with Gasteiger partial charge >= 0.3 is 7.82 Å². The lowest BCUT2D eigenvalue weighted by Crippen LogP contribution is -2.34. The molecule has 2 saturated heterocycles. The van der Waals surface area contributed by atoms with Gasteiger partial charge in [-0.1, -0.05) is 12.1 Å². The van der Waals surface area contributed by atoms with E-state index in [0.29, 0.717) is 0 Å². The molecule has 1 aromatic carbocycles. The number of benzene rings is 1. The summed E-state index contributed by atoms with van der Waals surface area (Å²) < 4.78 is 50.4. The maximum Gasteiger partial charge on any atom is 0.478 e. The van der Waals surface area contributed by atoms with Gasteiger partial charge in [0.2, 0.25) is 5.91 Å². The van der Waals surface area contributed by atoms with E-state index < -0.39 is 83.7 Å². The van der Waals surface area contributed by atoms with Gasteiger partial charge in [0.05, 0.1) is 19.5 Å². The molecule has 4 heterocycles. The van der Waals surface area contributed by atoms with E-state index in [9.17, 15) is 44.1 Å². The highest BCUT2D eigenvalue weighted by Crippen LogP contribution is 2.58. The molecule has 0 saturated carbocycles. The van der Waals surface area contributed by atoms with Crippen molar-refractivity contribution in [2.75, 3.05) is 18.9 Å². The van der Waals surface area contributed by atoms with E-state index >= 15 is 0 Å². The molecule has 0 radical (unpaired) electrons. The number of anilines is 1. The van der Waals surface area contributed by atoms with Crippen LogP contribution in [0.1, 0.15) is 28.3 Å². The summed E-state index contributed by atoms with van der Waals surface area (Å²) in [6, 6.07) is 5.69. The number of carbonyl (C=O) groups excluding carboxylic acids is 1. The Morgan fingerprint density at radius 1 is 1.00 bits per heavy atom. The third-order valence-corrected chi connectivity index (χ3v) is 9.43. The monoisotopic (exact) mass is 661 g/mol. The minimum atomic E-state index is -5.62. The Labute approximate surface area is 247 Å². The Hall–Kier alpha value is -2.94. The van der Waals surface area contributed by atoms with Crippen LogP contribution >= 0.6 is 15.6 Å². The number of nitrogens with zero attached hydrogens (tertiary/aromatic N) is 4. The van der Waals surface area contributed by atoms with Gasteiger partial charge in [0.15, 0.2) is 17.7 Å². The number of amides is 1. The Morgan fingerprint density at radius 2 is 1.68 bits per heavy atom. The average Bonchev–Trinajstić information content (AvgIpc) is 3.61. The summed E-state index contributed by atoms with van der Waals surface area (Å²) in [5.74, 6) is -0.707. The number of aliphatic hydroxyl groups is 4. The molecule has 2 aliphatic rings. The summed E-state index contributed by atoms with van der Waals surface area (Å²) in [6.45, 7) is -1.87. The van der Waals surface area contributed by atoms with Crippen molar-refractivity contribution in [3.63, 3.8) is 0 Å². The molecule has 44 heavy (non-hydrogen) atoms. The number of phosphoric acid groups is 2. The second-order valence-corrected chi connectivity index (χ2v) is 12.8. The number of carbonyl (C=O) groups is 1. The number of primary amides is 1. The molecule has 22 heteroatoms. The highest BCUT2D eigenvalue weighted by molar-refractivity contribution is 7.60. The van der Waals surface area contributed by atoms with Crippen molar-refractivity contribution in [1.29, 1.82) is 0 Å². The van der Waals surface area contributed by atoms with Crippen LogP contribution in [0.3, 0.4) is 0 Å². The number of phosphoric ester groups is 2. The van der Waals surface area contributed by atoms with E-state index in [1.165, 1.54) is 35.2 Å². The van der Waals surface area contributed by atoms with Crippen LogP contribution in [0.15, 0.2) is 36.9 Å². The largest absolute Gasteiger partial charge is 0.756 e. The molecule has 0 bridgehead atoms. The highest BCUT2D eigenvalue weighted by atomic mass is 31.3. The molecule has 4 unspecified atom stereocenters. The molecule has 10 atom stereocenters. The van der Waals surface area contributed by atoms with E-state index in [4.69, 9.17) is 20.9 Å². The zero-order valence-electron chi connectivity index (χ0n) is 22.2. The quantitative estimate of drug-likeness (QED) is 0.105. The fraction of sp³-hybridized carbons (Fsp3) is 0.455. The first kappa shape index (κ1) is 32.5. The molecule has 0 spiro atoms. The number of ether oxygens (including phenoxy) is 2. The number of hydrogen-bond donors (Lipinski definition) is 7. The summed E-state index contributed by atoms with van der Waals surface area (Å²) in [4.78, 5) is 45.6. The molecule has 2 aliphatic heterocycles. The predicted molar refractivity (Wildman–Crippen MR) is 141 cm³/mol. The number of nitrogen functional groups attached to an aromatic ring is 1. The summed E-state index contributed by atoms with van der Waals surface area (Å²) in [6.07, 6.45) is -9.52. The second-order valence-electron chi connectivity index (χ2n) is 9.78. The fourth-order valence-corrected chi connectivity index (χ4v) is 6.74. The molecule has 240 valence electrons. The first-order chi connectivity index (χ1) is 20.7. The van der Waals surface area contributed by atoms with Crippen LogP contribution in [0.2, 0.25) is 0 Å². The van der Waals surface area contributed by atoms with Gasteiger partial charge in [0.1, 0.15) is 54.6 Å². The zero-order valence-corrected chi connectivity index (χ0v) is 24.0. The number of hydrogen-bond acceptors (Lipinski definition) is 17. The van der Waals surface area contributed by atoms with Crippen molar-refractivity contribution in [2.45, 2.75) is 49.0 Å². The van der Waals surface area contributed by atoms with Crippen LogP contribution in [0.4, 0.5) is 5.82 Å². The summed E-state index contributed by atoms with van der Waals surface area (Å²) in [7, 11) is -11.0. The van der Waals surface area contributed by atoms with Crippen molar-refractivity contribution in [2.24, 2.45) is 5.73 Å². The Kier molecular flexibility index (Phi) is 9.18. The van der Waals surface area contributed by atoms with Gasteiger partial charge in [-0.15, -0.1) is 0 Å². The standard InChI is InChI=1S/C22H28N6O14P2/c23-19-13-21(26-7-25-19)28(8-27-13)22-17(32)15(30)12(41-22)6-39-44(36,37)42-43(34,35)38-5-11-14(29)16(31)18(40-11)9-2-1-3-10(4-9)20(24)33/h1-4,7-8,11-12,14-18,22,29-32H,5-6H2,(H2,24,33)(H,34,35)(H,36,37)(H2,23,25,26)/p-1/t11-,12+,14+,15?,16?,17-,18+,22+/m1/s1. The molecule has 20 nitrogen and oxygen atoms in total. The predicted octanol–water partition coefficient (Wildman–Crippen LogP) is -2.39. The van der Waals surface area contributed by atoms with E-state index in [-0.39, 0.29) is 28.1 Å². The first-order valence-electron chi connectivity index (χ1n) is 12.7. The number of aromatic nitrogens is 4. The summed E-state index contributed by atoms with van der Waals surface area (Å²) >= 11 is 0. The maximum atomic E-state index is 12.4. The van der Waals surface area contributed by atoms with Crippen LogP contribution < -0.4 is 16.4 Å². The Bertz CT molecular complexity index is 1630. The van der Waals surface area contributed by atoms with Crippen molar-refractivity contribution in [3.8, 4) is 0 Å². The maximum absolute atomic E-state index is 12.4. The molecule has 9 N–H and O–H groups in total. The molecule has 5 rings (SSSR count). The molecule has 2 fully saturated rings. The molecule has 0 aliphatic carbocycles. The number of imidazole rings is 1. The molecular formula is C22H27N6O14P2-. The lowest BCUT2D eigenvalue weighted by Gasteiger charge is -2.26. The van der Waals surface area contributed by atoms with Gasteiger partial charge in [-0.2, -0.15) is 0 Å². The number of nitrogens with two attached hydrogens (primary N) is 2.